The first-order valence-corrected chi connectivity index (χ1v) is 6.56. The van der Waals surface area contributed by atoms with E-state index in [-0.39, 0.29) is 11.9 Å². The van der Waals surface area contributed by atoms with E-state index < -0.39 is 6.10 Å². The number of carbonyl (C=O) groups excluding carboxylic acids is 1. The summed E-state index contributed by atoms with van der Waals surface area (Å²) in [7, 11) is 1.76. The average molecular weight is 262 g/mol. The number of amides is 2. The Kier molecular flexibility index (Phi) is 3.16. The molecule has 19 heavy (non-hydrogen) atoms. The van der Waals surface area contributed by atoms with Crippen molar-refractivity contribution in [2.75, 3.05) is 25.6 Å². The van der Waals surface area contributed by atoms with Crippen molar-refractivity contribution in [1.82, 2.24) is 4.90 Å². The minimum absolute atomic E-state index is 0.0926. The van der Waals surface area contributed by atoms with E-state index >= 15 is 0 Å². The Bertz CT molecular complexity index is 497. The summed E-state index contributed by atoms with van der Waals surface area (Å²) in [6, 6.07) is 5.64. The molecule has 3 rings (SSSR count). The van der Waals surface area contributed by atoms with Crippen LogP contribution >= 0.6 is 0 Å². The van der Waals surface area contributed by atoms with Gasteiger partial charge in [0.05, 0.1) is 12.7 Å². The molecule has 0 radical (unpaired) electrons. The van der Waals surface area contributed by atoms with Crippen molar-refractivity contribution in [2.24, 2.45) is 5.92 Å². The molecule has 2 aliphatic heterocycles. The number of nitrogens with zero attached hydrogens (tertiary/aromatic N) is 1. The molecule has 5 nitrogen and oxygen atoms in total. The summed E-state index contributed by atoms with van der Waals surface area (Å²) in [6.07, 6.45) is 0.408. The third kappa shape index (κ3) is 2.31. The summed E-state index contributed by atoms with van der Waals surface area (Å²) in [6.45, 7) is 1.92. The van der Waals surface area contributed by atoms with Gasteiger partial charge in [-0.2, -0.15) is 0 Å². The van der Waals surface area contributed by atoms with Crippen molar-refractivity contribution < 1.29 is 14.6 Å². The van der Waals surface area contributed by atoms with Crippen molar-refractivity contribution in [3.63, 3.8) is 0 Å². The normalized spacial score (nSPS) is 24.0. The number of aliphatic hydroxyl groups is 1. The highest BCUT2D eigenvalue weighted by Crippen LogP contribution is 2.32. The van der Waals surface area contributed by atoms with Gasteiger partial charge in [-0.3, -0.25) is 0 Å². The summed E-state index contributed by atoms with van der Waals surface area (Å²) in [4.78, 5) is 13.2. The Morgan fingerprint density at radius 2 is 2.37 bits per heavy atom. The molecule has 2 heterocycles. The number of nitrogens with one attached hydrogen (secondary N) is 1. The Morgan fingerprint density at radius 1 is 1.53 bits per heavy atom. The van der Waals surface area contributed by atoms with E-state index in [2.05, 4.69) is 5.32 Å². The second kappa shape index (κ2) is 4.83. The maximum atomic E-state index is 11.5. The standard InChI is InChI=1S/C14H18N2O3/c1-16-7-11-6-9(2-3-12(11)15-14(16)18)13(17)10-4-5-19-8-10/h2-3,6,10,13,17H,4-5,7-8H2,1H3,(H,15,18). The maximum absolute atomic E-state index is 11.5. The second-order valence-corrected chi connectivity index (χ2v) is 5.27. The predicted octanol–water partition coefficient (Wildman–Crippen LogP) is 1.73. The van der Waals surface area contributed by atoms with Crippen LogP contribution in [-0.4, -0.2) is 36.3 Å². The molecule has 0 aliphatic carbocycles. The van der Waals surface area contributed by atoms with E-state index in [1.54, 1.807) is 11.9 Å². The van der Waals surface area contributed by atoms with Gasteiger partial charge >= 0.3 is 6.03 Å². The van der Waals surface area contributed by atoms with Gasteiger partial charge in [0.25, 0.3) is 0 Å². The molecule has 0 aromatic heterocycles. The molecule has 1 aromatic rings. The average Bonchev–Trinajstić information content (AvgIpc) is 2.93. The van der Waals surface area contributed by atoms with Gasteiger partial charge in [0.15, 0.2) is 0 Å². The molecule has 1 aromatic carbocycles. The summed E-state index contributed by atoms with van der Waals surface area (Å²) in [5, 5.41) is 13.2. The molecule has 2 N–H and O–H groups in total. The van der Waals surface area contributed by atoms with E-state index in [9.17, 15) is 9.90 Å². The van der Waals surface area contributed by atoms with Crippen molar-refractivity contribution >= 4 is 11.7 Å². The van der Waals surface area contributed by atoms with Crippen LogP contribution in [0.5, 0.6) is 0 Å². The minimum Gasteiger partial charge on any atom is -0.388 e. The lowest BCUT2D eigenvalue weighted by atomic mass is 9.93. The lowest BCUT2D eigenvalue weighted by Gasteiger charge is -2.27. The van der Waals surface area contributed by atoms with Gasteiger partial charge in [-0.15, -0.1) is 0 Å². The topological polar surface area (TPSA) is 61.8 Å². The fourth-order valence-corrected chi connectivity index (χ4v) is 2.66. The first-order valence-electron chi connectivity index (χ1n) is 6.56. The fraction of sp³-hybridized carbons (Fsp3) is 0.500. The van der Waals surface area contributed by atoms with Gasteiger partial charge in [0, 0.05) is 31.8 Å². The predicted molar refractivity (Wildman–Crippen MR) is 70.8 cm³/mol. The molecule has 2 unspecified atom stereocenters. The molecule has 0 bridgehead atoms. The quantitative estimate of drug-likeness (QED) is 0.853. The zero-order chi connectivity index (χ0) is 13.4. The van der Waals surface area contributed by atoms with Crippen LogP contribution in [0.4, 0.5) is 10.5 Å². The van der Waals surface area contributed by atoms with Crippen LogP contribution in [0.25, 0.3) is 0 Å². The number of hydrogen-bond acceptors (Lipinski definition) is 3. The molecule has 0 spiro atoms. The molecule has 5 heteroatoms. The monoisotopic (exact) mass is 262 g/mol. The summed E-state index contributed by atoms with van der Waals surface area (Å²) in [5.41, 5.74) is 2.78. The van der Waals surface area contributed by atoms with Gasteiger partial charge in [-0.05, 0) is 29.7 Å². The first kappa shape index (κ1) is 12.4. The van der Waals surface area contributed by atoms with Crippen molar-refractivity contribution in [3.8, 4) is 0 Å². The van der Waals surface area contributed by atoms with Crippen molar-refractivity contribution in [1.29, 1.82) is 0 Å². The smallest absolute Gasteiger partial charge is 0.321 e. The zero-order valence-electron chi connectivity index (χ0n) is 10.9. The number of urea groups is 1. The Labute approximate surface area is 112 Å². The number of aliphatic hydroxyl groups excluding tert-OH is 1. The number of rotatable bonds is 2. The molecule has 102 valence electrons. The zero-order valence-corrected chi connectivity index (χ0v) is 10.9. The number of carbonyl (C=O) groups is 1. The number of ether oxygens (including phenoxy) is 1. The summed E-state index contributed by atoms with van der Waals surface area (Å²) < 4.78 is 5.32. The van der Waals surface area contributed by atoms with Gasteiger partial charge in [0.2, 0.25) is 0 Å². The molecule has 1 saturated heterocycles. The van der Waals surface area contributed by atoms with Gasteiger partial charge in [-0.1, -0.05) is 6.07 Å². The Hall–Kier alpha value is -1.59. The van der Waals surface area contributed by atoms with E-state index in [1.807, 2.05) is 18.2 Å². The van der Waals surface area contributed by atoms with Crippen LogP contribution in [0, 0.1) is 5.92 Å². The van der Waals surface area contributed by atoms with Crippen LogP contribution in [0.1, 0.15) is 23.7 Å². The number of hydrogen-bond donors (Lipinski definition) is 2. The third-order valence-corrected chi connectivity index (χ3v) is 3.88. The van der Waals surface area contributed by atoms with Gasteiger partial charge < -0.3 is 20.1 Å². The minimum atomic E-state index is -0.490. The molecular weight excluding hydrogens is 244 g/mol. The third-order valence-electron chi connectivity index (χ3n) is 3.88. The van der Waals surface area contributed by atoms with Gasteiger partial charge in [-0.25, -0.2) is 4.79 Å². The summed E-state index contributed by atoms with van der Waals surface area (Å²) >= 11 is 0. The summed E-state index contributed by atoms with van der Waals surface area (Å²) in [5.74, 6) is 0.175. The fourth-order valence-electron chi connectivity index (χ4n) is 2.66. The number of benzene rings is 1. The highest BCUT2D eigenvalue weighted by Gasteiger charge is 2.27. The molecular formula is C14H18N2O3. The first-order chi connectivity index (χ1) is 9.15. The van der Waals surface area contributed by atoms with E-state index in [1.165, 1.54) is 0 Å². The van der Waals surface area contributed by atoms with Crippen LogP contribution < -0.4 is 5.32 Å². The van der Waals surface area contributed by atoms with Crippen molar-refractivity contribution in [2.45, 2.75) is 19.1 Å². The van der Waals surface area contributed by atoms with E-state index in [0.29, 0.717) is 13.2 Å². The largest absolute Gasteiger partial charge is 0.388 e. The van der Waals surface area contributed by atoms with Crippen LogP contribution in [0.15, 0.2) is 18.2 Å². The molecule has 1 fully saturated rings. The molecule has 2 amide bonds. The van der Waals surface area contributed by atoms with Crippen LogP contribution in [0.3, 0.4) is 0 Å². The number of fused-ring (bicyclic) bond motifs is 1. The molecule has 0 saturated carbocycles. The second-order valence-electron chi connectivity index (χ2n) is 5.27. The van der Waals surface area contributed by atoms with Crippen molar-refractivity contribution in [3.05, 3.63) is 29.3 Å². The van der Waals surface area contributed by atoms with Gasteiger partial charge in [0.1, 0.15) is 0 Å². The highest BCUT2D eigenvalue weighted by atomic mass is 16.5. The Morgan fingerprint density at radius 3 is 3.11 bits per heavy atom. The highest BCUT2D eigenvalue weighted by molar-refractivity contribution is 5.92. The SMILES string of the molecule is CN1Cc2cc(C(O)C3CCOC3)ccc2NC1=O. The van der Waals surface area contributed by atoms with Crippen LogP contribution in [-0.2, 0) is 11.3 Å². The lowest BCUT2D eigenvalue weighted by molar-refractivity contribution is 0.0917. The van der Waals surface area contributed by atoms with E-state index in [0.717, 1.165) is 29.8 Å². The van der Waals surface area contributed by atoms with Crippen LogP contribution in [0.2, 0.25) is 0 Å². The molecule has 2 aliphatic rings. The van der Waals surface area contributed by atoms with E-state index in [4.69, 9.17) is 4.74 Å². The maximum Gasteiger partial charge on any atom is 0.321 e. The molecule has 2 atom stereocenters. The number of anilines is 1. The Balaban J connectivity index is 1.84. The lowest BCUT2D eigenvalue weighted by Crippen LogP contribution is -2.35.